The number of amides is 2. The summed E-state index contributed by atoms with van der Waals surface area (Å²) < 4.78 is 5.74. The highest BCUT2D eigenvalue weighted by Crippen LogP contribution is 2.31. The maximum absolute atomic E-state index is 12.8. The molecule has 0 fully saturated rings. The van der Waals surface area contributed by atoms with E-state index in [2.05, 4.69) is 10.6 Å². The second kappa shape index (κ2) is 8.27. The average Bonchev–Trinajstić information content (AvgIpc) is 3.02. The molecule has 27 heavy (non-hydrogen) atoms. The number of carbonyl (C=O) groups is 2. The Hall–Kier alpha value is -2.79. The molecule has 0 unspecified atom stereocenters. The van der Waals surface area contributed by atoms with Gasteiger partial charge in [-0.1, -0.05) is 18.2 Å². The van der Waals surface area contributed by atoms with Crippen LogP contribution in [0.1, 0.15) is 34.5 Å². The van der Waals surface area contributed by atoms with Crippen LogP contribution in [0.5, 0.6) is 0 Å². The van der Waals surface area contributed by atoms with Gasteiger partial charge < -0.3 is 15.1 Å². The Morgan fingerprint density at radius 1 is 1.04 bits per heavy atom. The summed E-state index contributed by atoms with van der Waals surface area (Å²) in [6, 6.07) is 12.9. The number of carbonyl (C=O) groups excluding carboxylic acids is 2. The van der Waals surface area contributed by atoms with Crippen LogP contribution in [-0.4, -0.2) is 17.7 Å². The largest absolute Gasteiger partial charge is 0.449 e. The summed E-state index contributed by atoms with van der Waals surface area (Å²) in [5, 5.41) is 6.32. The molecule has 3 aromatic rings. The molecule has 0 aliphatic carbocycles. The van der Waals surface area contributed by atoms with Gasteiger partial charge in [-0.3, -0.25) is 9.59 Å². The summed E-state index contributed by atoms with van der Waals surface area (Å²) in [4.78, 5) is 25.0. The quantitative estimate of drug-likeness (QED) is 0.569. The number of benzene rings is 2. The molecule has 0 aliphatic rings. The van der Waals surface area contributed by atoms with E-state index in [4.69, 9.17) is 16.0 Å². The van der Waals surface area contributed by atoms with Crippen LogP contribution in [-0.2, 0) is 4.79 Å². The summed E-state index contributed by atoms with van der Waals surface area (Å²) in [6.45, 7) is 3.99. The molecule has 1 aromatic heterocycles. The zero-order valence-electron chi connectivity index (χ0n) is 15.3. The van der Waals surface area contributed by atoms with E-state index in [1.165, 1.54) is 0 Å². The average molecular weight is 385 g/mol. The van der Waals surface area contributed by atoms with Crippen molar-refractivity contribution in [3.8, 4) is 0 Å². The number of anilines is 2. The Kier molecular flexibility index (Phi) is 5.81. The van der Waals surface area contributed by atoms with Crippen LogP contribution in [0.4, 0.5) is 11.4 Å². The fourth-order valence-corrected chi connectivity index (χ4v) is 2.90. The molecule has 0 saturated heterocycles. The lowest BCUT2D eigenvalue weighted by Crippen LogP contribution is -2.17. The number of hydrogen-bond donors (Lipinski definition) is 2. The zero-order valence-corrected chi connectivity index (χ0v) is 16.0. The van der Waals surface area contributed by atoms with Crippen molar-refractivity contribution in [2.45, 2.75) is 26.7 Å². The van der Waals surface area contributed by atoms with E-state index >= 15 is 0 Å². The van der Waals surface area contributed by atoms with Gasteiger partial charge in [0.2, 0.25) is 11.7 Å². The Labute approximate surface area is 162 Å². The molecular weight excluding hydrogens is 364 g/mol. The van der Waals surface area contributed by atoms with Gasteiger partial charge in [0.1, 0.15) is 11.3 Å². The first-order valence-corrected chi connectivity index (χ1v) is 9.29. The Bertz CT molecular complexity index is 994. The number of rotatable bonds is 6. The molecule has 0 spiro atoms. The van der Waals surface area contributed by atoms with E-state index < -0.39 is 5.91 Å². The molecule has 6 heteroatoms. The van der Waals surface area contributed by atoms with Gasteiger partial charge in [0.25, 0.3) is 5.91 Å². The van der Waals surface area contributed by atoms with Crippen molar-refractivity contribution in [1.82, 2.24) is 0 Å². The molecule has 3 rings (SSSR count). The van der Waals surface area contributed by atoms with Gasteiger partial charge in [-0.25, -0.2) is 0 Å². The highest BCUT2D eigenvalue weighted by atomic mass is 35.5. The number of para-hydroxylation sites is 1. The molecule has 0 atom stereocenters. The predicted octanol–water partition coefficient (Wildman–Crippen LogP) is 5.26. The molecule has 140 valence electrons. The van der Waals surface area contributed by atoms with Gasteiger partial charge in [0, 0.05) is 23.4 Å². The SMILES string of the molecule is Cc1ccc(NC(=O)c2oc3ccccc3c2NC(=O)CCCCl)cc1C. The molecule has 1 heterocycles. The summed E-state index contributed by atoms with van der Waals surface area (Å²) in [5.74, 6) is -0.141. The van der Waals surface area contributed by atoms with Crippen LogP contribution in [0.25, 0.3) is 11.0 Å². The second-order valence-electron chi connectivity index (χ2n) is 6.40. The van der Waals surface area contributed by atoms with Crippen molar-refractivity contribution in [1.29, 1.82) is 0 Å². The number of halogens is 1. The van der Waals surface area contributed by atoms with Crippen molar-refractivity contribution < 1.29 is 14.0 Å². The Morgan fingerprint density at radius 3 is 2.56 bits per heavy atom. The number of fused-ring (bicyclic) bond motifs is 1. The third kappa shape index (κ3) is 4.31. The minimum absolute atomic E-state index is 0.0775. The van der Waals surface area contributed by atoms with E-state index in [0.29, 0.717) is 34.6 Å². The molecule has 2 amide bonds. The monoisotopic (exact) mass is 384 g/mol. The van der Waals surface area contributed by atoms with E-state index in [1.807, 2.05) is 50.2 Å². The Morgan fingerprint density at radius 2 is 1.81 bits per heavy atom. The maximum atomic E-state index is 12.8. The topological polar surface area (TPSA) is 71.3 Å². The molecule has 0 bridgehead atoms. The normalized spacial score (nSPS) is 10.8. The fraction of sp³-hybridized carbons (Fsp3) is 0.238. The lowest BCUT2D eigenvalue weighted by molar-refractivity contribution is -0.116. The highest BCUT2D eigenvalue weighted by Gasteiger charge is 2.22. The van der Waals surface area contributed by atoms with E-state index in [-0.39, 0.29) is 18.1 Å². The van der Waals surface area contributed by atoms with Gasteiger partial charge in [-0.15, -0.1) is 11.6 Å². The van der Waals surface area contributed by atoms with E-state index in [1.54, 1.807) is 6.07 Å². The fourth-order valence-electron chi connectivity index (χ4n) is 2.77. The molecule has 5 nitrogen and oxygen atoms in total. The number of furan rings is 1. The molecule has 0 aliphatic heterocycles. The minimum atomic E-state index is -0.415. The van der Waals surface area contributed by atoms with Crippen LogP contribution in [0.3, 0.4) is 0 Å². The van der Waals surface area contributed by atoms with Crippen molar-refractivity contribution in [3.05, 3.63) is 59.4 Å². The smallest absolute Gasteiger partial charge is 0.293 e. The number of nitrogens with one attached hydrogen (secondary N) is 2. The number of hydrogen-bond acceptors (Lipinski definition) is 3. The molecule has 2 aromatic carbocycles. The predicted molar refractivity (Wildman–Crippen MR) is 109 cm³/mol. The van der Waals surface area contributed by atoms with Crippen molar-refractivity contribution in [2.24, 2.45) is 0 Å². The third-order valence-electron chi connectivity index (χ3n) is 4.37. The molecule has 0 saturated carbocycles. The van der Waals surface area contributed by atoms with Crippen molar-refractivity contribution in [2.75, 3.05) is 16.5 Å². The first kappa shape index (κ1) is 19.0. The third-order valence-corrected chi connectivity index (χ3v) is 4.64. The first-order chi connectivity index (χ1) is 13.0. The van der Waals surface area contributed by atoms with Gasteiger partial charge in [0.15, 0.2) is 0 Å². The summed E-state index contributed by atoms with van der Waals surface area (Å²) in [7, 11) is 0. The van der Waals surface area contributed by atoms with Crippen LogP contribution in [0.2, 0.25) is 0 Å². The first-order valence-electron chi connectivity index (χ1n) is 8.75. The highest BCUT2D eigenvalue weighted by molar-refractivity contribution is 6.18. The van der Waals surface area contributed by atoms with Crippen molar-refractivity contribution >= 4 is 45.8 Å². The minimum Gasteiger partial charge on any atom is -0.449 e. The zero-order chi connectivity index (χ0) is 19.4. The molecule has 2 N–H and O–H groups in total. The lowest BCUT2D eigenvalue weighted by Gasteiger charge is -2.08. The standard InChI is InChI=1S/C21H21ClN2O3/c1-13-9-10-15(12-14(13)2)23-21(26)20-19(24-18(25)8-5-11-22)16-6-3-4-7-17(16)27-20/h3-4,6-7,9-10,12H,5,8,11H2,1-2H3,(H,23,26)(H,24,25). The molecular formula is C21H21ClN2O3. The van der Waals surface area contributed by atoms with Crippen LogP contribution >= 0.6 is 11.6 Å². The van der Waals surface area contributed by atoms with Crippen LogP contribution < -0.4 is 10.6 Å². The van der Waals surface area contributed by atoms with Gasteiger partial charge in [0.05, 0.1) is 0 Å². The number of alkyl halides is 1. The maximum Gasteiger partial charge on any atom is 0.293 e. The second-order valence-corrected chi connectivity index (χ2v) is 6.77. The number of aryl methyl sites for hydroxylation is 2. The Balaban J connectivity index is 1.92. The van der Waals surface area contributed by atoms with Gasteiger partial charge in [-0.05, 0) is 55.7 Å². The van der Waals surface area contributed by atoms with E-state index in [9.17, 15) is 9.59 Å². The van der Waals surface area contributed by atoms with Gasteiger partial charge in [-0.2, -0.15) is 0 Å². The van der Waals surface area contributed by atoms with Crippen LogP contribution in [0, 0.1) is 13.8 Å². The summed E-state index contributed by atoms with van der Waals surface area (Å²) in [5.41, 5.74) is 3.81. The van der Waals surface area contributed by atoms with E-state index in [0.717, 1.165) is 11.1 Å². The lowest BCUT2D eigenvalue weighted by atomic mass is 10.1. The molecule has 0 radical (unpaired) electrons. The summed E-state index contributed by atoms with van der Waals surface area (Å²) in [6.07, 6.45) is 0.842. The van der Waals surface area contributed by atoms with Crippen molar-refractivity contribution in [3.63, 3.8) is 0 Å². The van der Waals surface area contributed by atoms with Gasteiger partial charge >= 0.3 is 0 Å². The summed E-state index contributed by atoms with van der Waals surface area (Å²) >= 11 is 5.66. The van der Waals surface area contributed by atoms with Crippen LogP contribution in [0.15, 0.2) is 46.9 Å².